The first-order valence-corrected chi connectivity index (χ1v) is 7.55. The van der Waals surface area contributed by atoms with Gasteiger partial charge in [-0.15, -0.1) is 0 Å². The van der Waals surface area contributed by atoms with Gasteiger partial charge in [0.25, 0.3) is 11.6 Å². The number of esters is 1. The number of para-hydroxylation sites is 2. The Balaban J connectivity index is 1.95. The molecule has 0 heterocycles. The highest BCUT2D eigenvalue weighted by atomic mass is 19.1. The number of carbonyl (C=O) groups excluding carboxylic acids is 2. The number of hydrogen-bond donors (Lipinski definition) is 1. The van der Waals surface area contributed by atoms with Gasteiger partial charge in [0.15, 0.2) is 6.10 Å². The minimum Gasteiger partial charge on any atom is -0.449 e. The fourth-order valence-electron chi connectivity index (χ4n) is 1.98. The molecule has 0 saturated heterocycles. The Morgan fingerprint density at radius 3 is 2.50 bits per heavy atom. The second-order valence-corrected chi connectivity index (χ2v) is 5.23. The van der Waals surface area contributed by atoms with Crippen molar-refractivity contribution in [3.05, 3.63) is 76.1 Å². The van der Waals surface area contributed by atoms with Gasteiger partial charge in [0.2, 0.25) is 0 Å². The largest absolute Gasteiger partial charge is 0.449 e. The number of nitro groups is 1. The van der Waals surface area contributed by atoms with Crippen molar-refractivity contribution < 1.29 is 23.6 Å². The third-order valence-corrected chi connectivity index (χ3v) is 3.30. The number of nitro benzene ring substituents is 1. The van der Waals surface area contributed by atoms with Crippen LogP contribution in [0.2, 0.25) is 0 Å². The van der Waals surface area contributed by atoms with Crippen molar-refractivity contribution in [2.24, 2.45) is 0 Å². The van der Waals surface area contributed by atoms with E-state index in [1.54, 1.807) is 0 Å². The average Bonchev–Trinajstić information content (AvgIpc) is 2.61. The van der Waals surface area contributed by atoms with E-state index < -0.39 is 28.7 Å². The van der Waals surface area contributed by atoms with Crippen molar-refractivity contribution in [3.8, 4) is 0 Å². The predicted molar refractivity (Wildman–Crippen MR) is 92.7 cm³/mol. The summed E-state index contributed by atoms with van der Waals surface area (Å²) in [6, 6.07) is 11.1. The van der Waals surface area contributed by atoms with E-state index in [0.29, 0.717) is 5.56 Å². The fourth-order valence-corrected chi connectivity index (χ4v) is 1.98. The zero-order valence-corrected chi connectivity index (χ0v) is 13.7. The summed E-state index contributed by atoms with van der Waals surface area (Å²) in [7, 11) is 0. The average molecular weight is 358 g/mol. The standard InChI is InChI=1S/C18H15FN2O5/c1-12(18(23)20-15-4-2-3-5-16(15)21(24)25)26-17(22)11-8-13-6-9-14(19)10-7-13/h2-12H,1H3,(H,20,23)/b11-8+/t12-/m0/s1. The second-order valence-electron chi connectivity index (χ2n) is 5.23. The Morgan fingerprint density at radius 1 is 1.19 bits per heavy atom. The molecular weight excluding hydrogens is 343 g/mol. The highest BCUT2D eigenvalue weighted by Crippen LogP contribution is 2.23. The maximum absolute atomic E-state index is 12.8. The number of rotatable bonds is 6. The molecule has 0 aliphatic heterocycles. The molecule has 0 spiro atoms. The number of benzene rings is 2. The molecule has 1 N–H and O–H groups in total. The minimum atomic E-state index is -1.17. The van der Waals surface area contributed by atoms with E-state index in [4.69, 9.17) is 4.74 Å². The molecule has 0 bridgehead atoms. The molecule has 0 saturated carbocycles. The van der Waals surface area contributed by atoms with Crippen molar-refractivity contribution >= 4 is 29.3 Å². The molecule has 0 fully saturated rings. The number of amides is 1. The summed E-state index contributed by atoms with van der Waals surface area (Å²) >= 11 is 0. The Hall–Kier alpha value is -3.55. The monoisotopic (exact) mass is 358 g/mol. The van der Waals surface area contributed by atoms with Crippen LogP contribution in [0.1, 0.15) is 12.5 Å². The third-order valence-electron chi connectivity index (χ3n) is 3.30. The highest BCUT2D eigenvalue weighted by molar-refractivity contribution is 5.98. The SMILES string of the molecule is C[C@H](OC(=O)/C=C/c1ccc(F)cc1)C(=O)Nc1ccccc1[N+](=O)[O-]. The number of carbonyl (C=O) groups is 2. The van der Waals surface area contributed by atoms with Crippen molar-refractivity contribution in [1.29, 1.82) is 0 Å². The molecule has 0 aromatic heterocycles. The van der Waals surface area contributed by atoms with E-state index in [2.05, 4.69) is 5.32 Å². The molecule has 26 heavy (non-hydrogen) atoms. The lowest BCUT2D eigenvalue weighted by Gasteiger charge is -2.12. The number of ether oxygens (including phenoxy) is 1. The Morgan fingerprint density at radius 2 is 1.85 bits per heavy atom. The van der Waals surface area contributed by atoms with Gasteiger partial charge in [-0.3, -0.25) is 14.9 Å². The molecule has 2 rings (SSSR count). The van der Waals surface area contributed by atoms with Gasteiger partial charge in [-0.1, -0.05) is 24.3 Å². The van der Waals surface area contributed by atoms with E-state index in [9.17, 15) is 24.1 Å². The molecule has 0 aliphatic rings. The van der Waals surface area contributed by atoms with Gasteiger partial charge in [-0.2, -0.15) is 0 Å². The van der Waals surface area contributed by atoms with Crippen molar-refractivity contribution in [1.82, 2.24) is 0 Å². The van der Waals surface area contributed by atoms with Crippen LogP contribution >= 0.6 is 0 Å². The molecule has 1 atom stereocenters. The molecule has 2 aromatic rings. The summed E-state index contributed by atoms with van der Waals surface area (Å²) in [6.45, 7) is 1.34. The molecule has 0 unspecified atom stereocenters. The number of hydrogen-bond acceptors (Lipinski definition) is 5. The summed E-state index contributed by atoms with van der Waals surface area (Å²) in [5.41, 5.74) is 0.322. The molecule has 0 radical (unpaired) electrons. The van der Waals surface area contributed by atoms with Gasteiger partial charge in [-0.05, 0) is 36.8 Å². The highest BCUT2D eigenvalue weighted by Gasteiger charge is 2.20. The van der Waals surface area contributed by atoms with Gasteiger partial charge in [0.05, 0.1) is 4.92 Å². The van der Waals surface area contributed by atoms with Gasteiger partial charge in [0.1, 0.15) is 11.5 Å². The number of nitrogens with one attached hydrogen (secondary N) is 1. The maximum atomic E-state index is 12.8. The van der Waals surface area contributed by atoms with Crippen LogP contribution in [0.3, 0.4) is 0 Å². The molecule has 134 valence electrons. The summed E-state index contributed by atoms with van der Waals surface area (Å²) in [6.07, 6.45) is 1.34. The zero-order valence-electron chi connectivity index (χ0n) is 13.7. The van der Waals surface area contributed by atoms with E-state index in [-0.39, 0.29) is 11.4 Å². The topological polar surface area (TPSA) is 98.5 Å². The number of halogens is 1. The maximum Gasteiger partial charge on any atom is 0.331 e. The van der Waals surface area contributed by atoms with Crippen LogP contribution in [0.25, 0.3) is 6.08 Å². The molecule has 7 nitrogen and oxygen atoms in total. The van der Waals surface area contributed by atoms with Crippen LogP contribution in [-0.4, -0.2) is 22.9 Å². The first-order valence-electron chi connectivity index (χ1n) is 7.55. The Bertz CT molecular complexity index is 849. The van der Waals surface area contributed by atoms with Crippen molar-refractivity contribution in [2.45, 2.75) is 13.0 Å². The fraction of sp³-hybridized carbons (Fsp3) is 0.111. The van der Waals surface area contributed by atoms with Gasteiger partial charge in [0, 0.05) is 12.1 Å². The molecular formula is C18H15FN2O5. The van der Waals surface area contributed by atoms with Gasteiger partial charge in [-0.25, -0.2) is 9.18 Å². The summed E-state index contributed by atoms with van der Waals surface area (Å²) in [5.74, 6) is -1.88. The lowest BCUT2D eigenvalue weighted by Crippen LogP contribution is -2.29. The first-order chi connectivity index (χ1) is 12.4. The van der Waals surface area contributed by atoms with Crippen LogP contribution in [-0.2, 0) is 14.3 Å². The van der Waals surface area contributed by atoms with Crippen molar-refractivity contribution in [3.63, 3.8) is 0 Å². The van der Waals surface area contributed by atoms with Gasteiger partial charge >= 0.3 is 5.97 Å². The summed E-state index contributed by atoms with van der Waals surface area (Å²) in [4.78, 5) is 34.1. The Labute approximate surface area is 148 Å². The van der Waals surface area contributed by atoms with E-state index in [1.807, 2.05) is 0 Å². The van der Waals surface area contributed by atoms with E-state index in [1.165, 1.54) is 61.5 Å². The van der Waals surface area contributed by atoms with Crippen LogP contribution in [0.15, 0.2) is 54.6 Å². The lowest BCUT2D eigenvalue weighted by atomic mass is 10.2. The van der Waals surface area contributed by atoms with Crippen LogP contribution in [0, 0.1) is 15.9 Å². The number of anilines is 1. The summed E-state index contributed by atoms with van der Waals surface area (Å²) < 4.78 is 17.7. The molecule has 0 aliphatic carbocycles. The molecule has 2 aromatic carbocycles. The smallest absolute Gasteiger partial charge is 0.331 e. The van der Waals surface area contributed by atoms with Gasteiger partial charge < -0.3 is 10.1 Å². The van der Waals surface area contributed by atoms with Crippen LogP contribution < -0.4 is 5.32 Å². The van der Waals surface area contributed by atoms with Crippen LogP contribution in [0.4, 0.5) is 15.8 Å². The van der Waals surface area contributed by atoms with E-state index in [0.717, 1.165) is 6.08 Å². The van der Waals surface area contributed by atoms with Crippen LogP contribution in [0.5, 0.6) is 0 Å². The van der Waals surface area contributed by atoms with E-state index >= 15 is 0 Å². The quantitative estimate of drug-likeness (QED) is 0.370. The molecule has 8 heteroatoms. The third kappa shape index (κ3) is 5.23. The van der Waals surface area contributed by atoms with Crippen molar-refractivity contribution in [2.75, 3.05) is 5.32 Å². The summed E-state index contributed by atoms with van der Waals surface area (Å²) in [5, 5.41) is 13.3. The normalized spacial score (nSPS) is 11.8. The minimum absolute atomic E-state index is 0.00672. The zero-order chi connectivity index (χ0) is 19.1. The first kappa shape index (κ1) is 18.8. The lowest BCUT2D eigenvalue weighted by molar-refractivity contribution is -0.383. The predicted octanol–water partition coefficient (Wildman–Crippen LogP) is 3.32. The molecule has 1 amide bonds. The second kappa shape index (κ2) is 8.52. The number of nitrogens with zero attached hydrogens (tertiary/aromatic N) is 1. The Kier molecular flexibility index (Phi) is 6.15.